The SMILES string of the molecule is CCN(c1cccc(C)c1)c1ccc(Br)cc1F. The van der Waals surface area contributed by atoms with Crippen LogP contribution in [0.3, 0.4) is 0 Å². The Bertz CT molecular complexity index is 554. The van der Waals surface area contributed by atoms with Crippen LogP contribution in [0.5, 0.6) is 0 Å². The number of benzene rings is 2. The second-order valence-electron chi connectivity index (χ2n) is 4.18. The molecule has 0 aromatic heterocycles. The quantitative estimate of drug-likeness (QED) is 0.766. The molecule has 0 N–H and O–H groups in total. The Morgan fingerprint density at radius 3 is 2.56 bits per heavy atom. The Kier molecular flexibility index (Phi) is 4.02. The number of hydrogen-bond donors (Lipinski definition) is 0. The van der Waals surface area contributed by atoms with E-state index in [-0.39, 0.29) is 5.82 Å². The van der Waals surface area contributed by atoms with E-state index in [1.807, 2.05) is 43.0 Å². The lowest BCUT2D eigenvalue weighted by Gasteiger charge is -2.24. The van der Waals surface area contributed by atoms with E-state index in [2.05, 4.69) is 22.0 Å². The summed E-state index contributed by atoms with van der Waals surface area (Å²) in [5, 5.41) is 0. The van der Waals surface area contributed by atoms with E-state index < -0.39 is 0 Å². The van der Waals surface area contributed by atoms with Crippen LogP contribution in [0.25, 0.3) is 0 Å². The Morgan fingerprint density at radius 2 is 1.94 bits per heavy atom. The van der Waals surface area contributed by atoms with E-state index in [0.29, 0.717) is 5.69 Å². The minimum atomic E-state index is -0.215. The van der Waals surface area contributed by atoms with Crippen molar-refractivity contribution in [3.05, 3.63) is 58.3 Å². The standard InChI is InChI=1S/C15H15BrFN/c1-3-18(13-6-4-5-11(2)9-13)15-8-7-12(16)10-14(15)17/h4-10H,3H2,1-2H3. The molecule has 0 atom stereocenters. The number of aryl methyl sites for hydroxylation is 1. The van der Waals surface area contributed by atoms with Gasteiger partial charge in [0.05, 0.1) is 5.69 Å². The number of hydrogen-bond acceptors (Lipinski definition) is 1. The van der Waals surface area contributed by atoms with Gasteiger partial charge in [0.25, 0.3) is 0 Å². The molecule has 0 aliphatic heterocycles. The van der Waals surface area contributed by atoms with Crippen molar-refractivity contribution in [1.82, 2.24) is 0 Å². The largest absolute Gasteiger partial charge is 0.339 e. The van der Waals surface area contributed by atoms with E-state index >= 15 is 0 Å². The second kappa shape index (κ2) is 5.53. The Morgan fingerprint density at radius 1 is 1.17 bits per heavy atom. The highest BCUT2D eigenvalue weighted by molar-refractivity contribution is 9.10. The molecule has 2 rings (SSSR count). The zero-order valence-electron chi connectivity index (χ0n) is 10.5. The van der Waals surface area contributed by atoms with E-state index in [1.165, 1.54) is 11.6 Å². The first-order valence-electron chi connectivity index (χ1n) is 5.91. The molecule has 0 amide bonds. The molecule has 0 unspecified atom stereocenters. The minimum absolute atomic E-state index is 0.215. The number of halogens is 2. The summed E-state index contributed by atoms with van der Waals surface area (Å²) in [5.74, 6) is -0.215. The van der Waals surface area contributed by atoms with E-state index in [9.17, 15) is 4.39 Å². The molecule has 94 valence electrons. The normalized spacial score (nSPS) is 10.4. The molecule has 0 bridgehead atoms. The van der Waals surface area contributed by atoms with Gasteiger partial charge in [0.15, 0.2) is 0 Å². The van der Waals surface area contributed by atoms with Crippen molar-refractivity contribution >= 4 is 27.3 Å². The van der Waals surface area contributed by atoms with Crippen molar-refractivity contribution < 1.29 is 4.39 Å². The van der Waals surface area contributed by atoms with Gasteiger partial charge in [-0.1, -0.05) is 28.1 Å². The van der Waals surface area contributed by atoms with Crippen LogP contribution in [0.2, 0.25) is 0 Å². The third-order valence-corrected chi connectivity index (χ3v) is 3.32. The molecule has 0 aliphatic carbocycles. The van der Waals surface area contributed by atoms with Crippen molar-refractivity contribution in [3.63, 3.8) is 0 Å². The number of anilines is 2. The molecule has 0 heterocycles. The Hall–Kier alpha value is -1.35. The fourth-order valence-electron chi connectivity index (χ4n) is 1.99. The maximum absolute atomic E-state index is 14.0. The molecule has 0 spiro atoms. The molecular formula is C15H15BrFN. The zero-order valence-corrected chi connectivity index (χ0v) is 12.0. The van der Waals surface area contributed by atoms with Crippen molar-refractivity contribution in [1.29, 1.82) is 0 Å². The van der Waals surface area contributed by atoms with E-state index in [4.69, 9.17) is 0 Å². The molecule has 0 aliphatic rings. The lowest BCUT2D eigenvalue weighted by molar-refractivity contribution is 0.625. The fourth-order valence-corrected chi connectivity index (χ4v) is 2.32. The highest BCUT2D eigenvalue weighted by atomic mass is 79.9. The molecule has 1 nitrogen and oxygen atoms in total. The Labute approximate surface area is 115 Å². The van der Waals surface area contributed by atoms with Crippen molar-refractivity contribution in [2.75, 3.05) is 11.4 Å². The van der Waals surface area contributed by atoms with Crippen LogP contribution in [0.1, 0.15) is 12.5 Å². The van der Waals surface area contributed by atoms with Crippen molar-refractivity contribution in [2.45, 2.75) is 13.8 Å². The molecule has 3 heteroatoms. The Balaban J connectivity index is 2.45. The van der Waals surface area contributed by atoms with Gasteiger partial charge in [-0.25, -0.2) is 4.39 Å². The lowest BCUT2D eigenvalue weighted by Crippen LogP contribution is -2.17. The highest BCUT2D eigenvalue weighted by Crippen LogP contribution is 2.29. The van der Waals surface area contributed by atoms with Gasteiger partial charge in [0, 0.05) is 16.7 Å². The zero-order chi connectivity index (χ0) is 13.1. The van der Waals surface area contributed by atoms with Crippen LogP contribution in [-0.2, 0) is 0 Å². The first-order chi connectivity index (χ1) is 8.61. The van der Waals surface area contributed by atoms with Gasteiger partial charge < -0.3 is 4.90 Å². The van der Waals surface area contributed by atoms with Gasteiger partial charge in [0.2, 0.25) is 0 Å². The molecule has 0 saturated heterocycles. The summed E-state index contributed by atoms with van der Waals surface area (Å²) in [6, 6.07) is 13.2. The topological polar surface area (TPSA) is 3.24 Å². The third kappa shape index (κ3) is 2.72. The third-order valence-electron chi connectivity index (χ3n) is 2.83. The second-order valence-corrected chi connectivity index (χ2v) is 5.09. The maximum Gasteiger partial charge on any atom is 0.147 e. The fraction of sp³-hybridized carbons (Fsp3) is 0.200. The predicted octanol–water partition coefficient (Wildman–Crippen LogP) is 5.05. The number of rotatable bonds is 3. The van der Waals surface area contributed by atoms with Gasteiger partial charge in [-0.2, -0.15) is 0 Å². The van der Waals surface area contributed by atoms with Gasteiger partial charge >= 0.3 is 0 Å². The minimum Gasteiger partial charge on any atom is -0.339 e. The average molecular weight is 308 g/mol. The molecule has 2 aromatic rings. The summed E-state index contributed by atoms with van der Waals surface area (Å²) in [5.41, 5.74) is 2.79. The predicted molar refractivity (Wildman–Crippen MR) is 78.0 cm³/mol. The van der Waals surface area contributed by atoms with Crippen molar-refractivity contribution in [3.8, 4) is 0 Å². The van der Waals surface area contributed by atoms with Gasteiger partial charge in [-0.15, -0.1) is 0 Å². The molecule has 0 radical (unpaired) electrons. The highest BCUT2D eigenvalue weighted by Gasteiger charge is 2.12. The van der Waals surface area contributed by atoms with Crippen LogP contribution in [0, 0.1) is 12.7 Å². The molecular weight excluding hydrogens is 293 g/mol. The summed E-state index contributed by atoms with van der Waals surface area (Å²) >= 11 is 3.28. The summed E-state index contributed by atoms with van der Waals surface area (Å²) in [6.07, 6.45) is 0. The van der Waals surface area contributed by atoms with Crippen LogP contribution in [0.4, 0.5) is 15.8 Å². The molecule has 0 saturated carbocycles. The van der Waals surface area contributed by atoms with Gasteiger partial charge in [-0.05, 0) is 49.7 Å². The van der Waals surface area contributed by atoms with Gasteiger partial charge in [0.1, 0.15) is 5.82 Å². The van der Waals surface area contributed by atoms with E-state index in [1.54, 1.807) is 6.07 Å². The number of nitrogens with zero attached hydrogens (tertiary/aromatic N) is 1. The monoisotopic (exact) mass is 307 g/mol. The van der Waals surface area contributed by atoms with E-state index in [0.717, 1.165) is 16.7 Å². The summed E-state index contributed by atoms with van der Waals surface area (Å²) < 4.78 is 14.8. The molecule has 18 heavy (non-hydrogen) atoms. The average Bonchev–Trinajstić information content (AvgIpc) is 2.33. The van der Waals surface area contributed by atoms with Crippen LogP contribution >= 0.6 is 15.9 Å². The summed E-state index contributed by atoms with van der Waals surface area (Å²) in [6.45, 7) is 4.78. The molecule has 2 aromatic carbocycles. The van der Waals surface area contributed by atoms with Crippen molar-refractivity contribution in [2.24, 2.45) is 0 Å². The smallest absolute Gasteiger partial charge is 0.147 e. The first kappa shape index (κ1) is 13.1. The lowest BCUT2D eigenvalue weighted by atomic mass is 10.2. The van der Waals surface area contributed by atoms with Crippen LogP contribution < -0.4 is 4.90 Å². The van der Waals surface area contributed by atoms with Gasteiger partial charge in [-0.3, -0.25) is 0 Å². The van der Waals surface area contributed by atoms with Crippen LogP contribution in [0.15, 0.2) is 46.9 Å². The summed E-state index contributed by atoms with van der Waals surface area (Å²) in [7, 11) is 0. The molecule has 0 fully saturated rings. The maximum atomic E-state index is 14.0. The van der Waals surface area contributed by atoms with Crippen LogP contribution in [-0.4, -0.2) is 6.54 Å². The summed E-state index contributed by atoms with van der Waals surface area (Å²) in [4.78, 5) is 1.97. The first-order valence-corrected chi connectivity index (χ1v) is 6.70.